The van der Waals surface area contributed by atoms with Gasteiger partial charge in [-0.15, -0.1) is 0 Å². The number of carbonyl (C=O) groups excluding carboxylic acids is 1. The number of likely N-dealkylation sites (tertiary alicyclic amines) is 1. The van der Waals surface area contributed by atoms with Crippen molar-refractivity contribution in [2.24, 2.45) is 0 Å². The Morgan fingerprint density at radius 3 is 2.53 bits per heavy atom. The molecule has 1 N–H and O–H groups in total. The van der Waals surface area contributed by atoms with Crippen molar-refractivity contribution in [2.75, 3.05) is 13.1 Å². The zero-order valence-corrected chi connectivity index (χ0v) is 10.1. The van der Waals surface area contributed by atoms with E-state index in [0.717, 1.165) is 38.8 Å². The zero-order valence-electron chi connectivity index (χ0n) is 10.1. The summed E-state index contributed by atoms with van der Waals surface area (Å²) in [6.07, 6.45) is 3.38. The third-order valence-corrected chi connectivity index (χ3v) is 3.86. The Bertz CT molecular complexity index is 320. The second kappa shape index (κ2) is 4.64. The lowest BCUT2D eigenvalue weighted by atomic mass is 9.88. The van der Waals surface area contributed by atoms with E-state index >= 15 is 0 Å². The van der Waals surface area contributed by atoms with E-state index in [9.17, 15) is 9.59 Å². The van der Waals surface area contributed by atoms with Gasteiger partial charge < -0.3 is 14.7 Å². The summed E-state index contributed by atoms with van der Waals surface area (Å²) in [5.74, 6) is -0.687. The highest BCUT2D eigenvalue weighted by Crippen LogP contribution is 2.39. The molecule has 0 bridgehead atoms. The van der Waals surface area contributed by atoms with Crippen LogP contribution in [0, 0.1) is 0 Å². The largest absolute Gasteiger partial charge is 0.481 e. The van der Waals surface area contributed by atoms with E-state index in [1.54, 1.807) is 6.92 Å². The molecule has 1 atom stereocenters. The molecule has 0 aromatic rings. The number of carboxylic acid groups (broad SMARTS) is 1. The standard InChI is InChI=1S/C12H19NO4/c1-9(14)13-6-4-12(5-7-13)3-2-10(17-12)8-11(15)16/h10H,2-8H2,1H3,(H,15,16). The molecule has 17 heavy (non-hydrogen) atoms. The Morgan fingerprint density at radius 1 is 1.35 bits per heavy atom. The van der Waals surface area contributed by atoms with E-state index < -0.39 is 5.97 Å². The van der Waals surface area contributed by atoms with Crippen LogP contribution in [-0.2, 0) is 14.3 Å². The van der Waals surface area contributed by atoms with E-state index in [1.807, 2.05) is 4.90 Å². The molecule has 0 aromatic heterocycles. The van der Waals surface area contributed by atoms with Crippen LogP contribution >= 0.6 is 0 Å². The van der Waals surface area contributed by atoms with Gasteiger partial charge in [-0.1, -0.05) is 0 Å². The molecule has 2 aliphatic heterocycles. The third kappa shape index (κ3) is 2.77. The number of carbonyl (C=O) groups is 2. The first-order chi connectivity index (χ1) is 8.01. The lowest BCUT2D eigenvalue weighted by Gasteiger charge is -2.38. The van der Waals surface area contributed by atoms with Gasteiger partial charge in [0.2, 0.25) is 5.91 Å². The van der Waals surface area contributed by atoms with Gasteiger partial charge in [-0.3, -0.25) is 9.59 Å². The lowest BCUT2D eigenvalue weighted by Crippen LogP contribution is -2.46. The number of carboxylic acids is 1. The first-order valence-electron chi connectivity index (χ1n) is 6.16. The number of rotatable bonds is 2. The Labute approximate surface area is 101 Å². The molecule has 96 valence electrons. The van der Waals surface area contributed by atoms with Crippen molar-refractivity contribution in [3.63, 3.8) is 0 Å². The van der Waals surface area contributed by atoms with Crippen LogP contribution in [-0.4, -0.2) is 46.7 Å². The van der Waals surface area contributed by atoms with Gasteiger partial charge in [0.1, 0.15) is 0 Å². The number of nitrogens with zero attached hydrogens (tertiary/aromatic N) is 1. The molecule has 1 spiro atoms. The van der Waals surface area contributed by atoms with Crippen molar-refractivity contribution in [1.29, 1.82) is 0 Å². The molecular formula is C12H19NO4. The minimum absolute atomic E-state index is 0.0954. The maximum atomic E-state index is 11.2. The fourth-order valence-electron chi connectivity index (χ4n) is 2.83. The molecule has 0 saturated carbocycles. The predicted octanol–water partition coefficient (Wildman–Crippen LogP) is 1.02. The van der Waals surface area contributed by atoms with Crippen molar-refractivity contribution in [1.82, 2.24) is 4.90 Å². The summed E-state index contributed by atoms with van der Waals surface area (Å²) in [6.45, 7) is 3.05. The monoisotopic (exact) mass is 241 g/mol. The zero-order chi connectivity index (χ0) is 12.5. The van der Waals surface area contributed by atoms with E-state index in [1.165, 1.54) is 0 Å². The quantitative estimate of drug-likeness (QED) is 0.784. The van der Waals surface area contributed by atoms with E-state index in [0.29, 0.717) is 0 Å². The highest BCUT2D eigenvalue weighted by Gasteiger charge is 2.43. The summed E-state index contributed by atoms with van der Waals surface area (Å²) in [7, 11) is 0. The second-order valence-electron chi connectivity index (χ2n) is 5.07. The fraction of sp³-hybridized carbons (Fsp3) is 0.833. The average molecular weight is 241 g/mol. The molecule has 2 aliphatic rings. The first kappa shape index (κ1) is 12.4. The molecule has 2 saturated heterocycles. The van der Waals surface area contributed by atoms with Gasteiger partial charge in [0.25, 0.3) is 0 Å². The van der Waals surface area contributed by atoms with Crippen molar-refractivity contribution >= 4 is 11.9 Å². The maximum Gasteiger partial charge on any atom is 0.305 e. The van der Waals surface area contributed by atoms with Crippen molar-refractivity contribution in [3.05, 3.63) is 0 Å². The Morgan fingerprint density at radius 2 is 2.00 bits per heavy atom. The van der Waals surface area contributed by atoms with Crippen LogP contribution in [0.15, 0.2) is 0 Å². The van der Waals surface area contributed by atoms with Crippen LogP contribution in [0.3, 0.4) is 0 Å². The highest BCUT2D eigenvalue weighted by atomic mass is 16.5. The van der Waals surface area contributed by atoms with Crippen molar-refractivity contribution in [3.8, 4) is 0 Å². The molecule has 5 nitrogen and oxygen atoms in total. The maximum absolute atomic E-state index is 11.2. The first-order valence-corrected chi connectivity index (χ1v) is 6.16. The number of hydrogen-bond acceptors (Lipinski definition) is 3. The number of amides is 1. The summed E-state index contributed by atoms with van der Waals surface area (Å²) in [5.41, 5.74) is -0.161. The van der Waals surface area contributed by atoms with Gasteiger partial charge in [-0.2, -0.15) is 0 Å². The summed E-state index contributed by atoms with van der Waals surface area (Å²) in [4.78, 5) is 23.7. The number of ether oxygens (including phenoxy) is 1. The topological polar surface area (TPSA) is 66.8 Å². The Kier molecular flexibility index (Phi) is 3.38. The van der Waals surface area contributed by atoms with Gasteiger partial charge in [-0.05, 0) is 25.7 Å². The molecule has 5 heteroatoms. The number of piperidine rings is 1. The molecule has 0 aliphatic carbocycles. The van der Waals surface area contributed by atoms with Crippen LogP contribution < -0.4 is 0 Å². The summed E-state index contributed by atoms with van der Waals surface area (Å²) < 4.78 is 5.91. The van der Waals surface area contributed by atoms with Gasteiger partial charge in [-0.25, -0.2) is 0 Å². The summed E-state index contributed by atoms with van der Waals surface area (Å²) in [6, 6.07) is 0. The number of hydrogen-bond donors (Lipinski definition) is 1. The van der Waals surface area contributed by atoms with Gasteiger partial charge in [0.05, 0.1) is 18.1 Å². The summed E-state index contributed by atoms with van der Waals surface area (Å²) in [5, 5.41) is 8.74. The third-order valence-electron chi connectivity index (χ3n) is 3.86. The smallest absolute Gasteiger partial charge is 0.305 e. The minimum atomic E-state index is -0.798. The average Bonchev–Trinajstić information content (AvgIpc) is 2.61. The van der Waals surface area contributed by atoms with Crippen molar-refractivity contribution < 1.29 is 19.4 Å². The Hall–Kier alpha value is -1.10. The van der Waals surface area contributed by atoms with E-state index in [2.05, 4.69) is 0 Å². The second-order valence-corrected chi connectivity index (χ2v) is 5.07. The lowest BCUT2D eigenvalue weighted by molar-refractivity contribution is -0.143. The van der Waals surface area contributed by atoms with Gasteiger partial charge >= 0.3 is 5.97 Å². The minimum Gasteiger partial charge on any atom is -0.481 e. The van der Waals surface area contributed by atoms with Crippen LogP contribution in [0.4, 0.5) is 0 Å². The van der Waals surface area contributed by atoms with E-state index in [-0.39, 0.29) is 24.0 Å². The molecule has 0 aromatic carbocycles. The molecule has 2 heterocycles. The van der Waals surface area contributed by atoms with Crippen LogP contribution in [0.5, 0.6) is 0 Å². The Balaban J connectivity index is 1.87. The molecule has 2 rings (SSSR count). The highest BCUT2D eigenvalue weighted by molar-refractivity contribution is 5.73. The molecular weight excluding hydrogens is 222 g/mol. The molecule has 0 radical (unpaired) electrons. The van der Waals surface area contributed by atoms with Crippen LogP contribution in [0.1, 0.15) is 39.0 Å². The molecule has 1 amide bonds. The fourth-order valence-corrected chi connectivity index (χ4v) is 2.83. The van der Waals surface area contributed by atoms with Crippen LogP contribution in [0.2, 0.25) is 0 Å². The molecule has 2 fully saturated rings. The van der Waals surface area contributed by atoms with Gasteiger partial charge in [0, 0.05) is 20.0 Å². The normalized spacial score (nSPS) is 27.4. The predicted molar refractivity (Wildman–Crippen MR) is 60.6 cm³/mol. The van der Waals surface area contributed by atoms with Crippen LogP contribution in [0.25, 0.3) is 0 Å². The van der Waals surface area contributed by atoms with E-state index in [4.69, 9.17) is 9.84 Å². The molecule has 1 unspecified atom stereocenters. The van der Waals surface area contributed by atoms with Crippen molar-refractivity contribution in [2.45, 2.75) is 50.7 Å². The summed E-state index contributed by atoms with van der Waals surface area (Å²) >= 11 is 0. The number of aliphatic carboxylic acids is 1. The van der Waals surface area contributed by atoms with Gasteiger partial charge in [0.15, 0.2) is 0 Å². The SMILES string of the molecule is CC(=O)N1CCC2(CCC(CC(=O)O)O2)CC1.